The van der Waals surface area contributed by atoms with Crippen LogP contribution in [0.3, 0.4) is 0 Å². The van der Waals surface area contributed by atoms with Crippen LogP contribution in [0.5, 0.6) is 0 Å². The molecule has 2 heterocycles. The largest absolute Gasteiger partial charge is 0.335 e. The average molecular weight is 343 g/mol. The second-order valence-electron chi connectivity index (χ2n) is 5.71. The lowest BCUT2D eigenvalue weighted by Gasteiger charge is -2.34. The number of hydrogen-bond acceptors (Lipinski definition) is 5. The van der Waals surface area contributed by atoms with Gasteiger partial charge < -0.3 is 10.2 Å². The van der Waals surface area contributed by atoms with Crippen LogP contribution in [0.15, 0.2) is 42.9 Å². The maximum Gasteiger partial charge on any atom is 0.274 e. The zero-order chi connectivity index (χ0) is 17.6. The molecule has 25 heavy (non-hydrogen) atoms. The molecular formula is C17H18FN5O2. The van der Waals surface area contributed by atoms with Gasteiger partial charge in [-0.15, -0.1) is 0 Å². The molecule has 8 heteroatoms. The molecule has 0 radical (unpaired) electrons. The zero-order valence-corrected chi connectivity index (χ0v) is 13.6. The van der Waals surface area contributed by atoms with Crippen LogP contribution in [0.2, 0.25) is 0 Å². The fourth-order valence-electron chi connectivity index (χ4n) is 2.62. The van der Waals surface area contributed by atoms with Crippen molar-refractivity contribution in [3.63, 3.8) is 0 Å². The molecule has 1 N–H and O–H groups in total. The Balaban J connectivity index is 1.46. The van der Waals surface area contributed by atoms with E-state index in [4.69, 9.17) is 0 Å². The molecule has 2 aromatic rings. The number of nitrogens with zero attached hydrogens (tertiary/aromatic N) is 4. The summed E-state index contributed by atoms with van der Waals surface area (Å²) in [4.78, 5) is 35.9. The number of nitrogens with one attached hydrogen (secondary N) is 1. The second kappa shape index (κ2) is 7.80. The lowest BCUT2D eigenvalue weighted by atomic mass is 10.2. The first kappa shape index (κ1) is 17.0. The number of carbonyl (C=O) groups excluding carboxylic acids is 2. The van der Waals surface area contributed by atoms with Crippen LogP contribution >= 0.6 is 0 Å². The van der Waals surface area contributed by atoms with Crippen molar-refractivity contribution >= 4 is 17.5 Å². The maximum atomic E-state index is 12.9. The fraction of sp³-hybridized carbons (Fsp3) is 0.294. The summed E-state index contributed by atoms with van der Waals surface area (Å²) in [5.74, 6) is -0.661. The highest BCUT2D eigenvalue weighted by atomic mass is 19.1. The Bertz CT molecular complexity index is 730. The first-order valence-electron chi connectivity index (χ1n) is 7.95. The summed E-state index contributed by atoms with van der Waals surface area (Å²) in [5, 5.41) is 2.73. The Labute approximate surface area is 144 Å². The molecule has 0 unspecified atom stereocenters. The first-order chi connectivity index (χ1) is 12.1. The fourth-order valence-corrected chi connectivity index (χ4v) is 2.62. The van der Waals surface area contributed by atoms with E-state index in [1.165, 1.54) is 42.9 Å². The average Bonchev–Trinajstić information content (AvgIpc) is 2.64. The van der Waals surface area contributed by atoms with E-state index in [0.29, 0.717) is 37.6 Å². The number of amides is 2. The smallest absolute Gasteiger partial charge is 0.274 e. The van der Waals surface area contributed by atoms with E-state index in [-0.39, 0.29) is 24.2 Å². The summed E-state index contributed by atoms with van der Waals surface area (Å²) in [6, 6.07) is 5.63. The molecule has 130 valence electrons. The number of aromatic nitrogens is 2. The van der Waals surface area contributed by atoms with E-state index in [2.05, 4.69) is 15.3 Å². The predicted molar refractivity (Wildman–Crippen MR) is 89.4 cm³/mol. The predicted octanol–water partition coefficient (Wildman–Crippen LogP) is 1.01. The Morgan fingerprint density at radius 3 is 2.44 bits per heavy atom. The first-order valence-corrected chi connectivity index (χ1v) is 7.95. The Kier molecular flexibility index (Phi) is 5.30. The molecule has 7 nitrogen and oxygen atoms in total. The molecule has 1 fully saturated rings. The van der Waals surface area contributed by atoms with Crippen LogP contribution in [-0.4, -0.2) is 64.3 Å². The van der Waals surface area contributed by atoms with Crippen LogP contribution in [0.25, 0.3) is 0 Å². The van der Waals surface area contributed by atoms with Gasteiger partial charge in [-0.1, -0.05) is 0 Å². The minimum absolute atomic E-state index is 0.150. The number of rotatable bonds is 4. The Morgan fingerprint density at radius 1 is 1.08 bits per heavy atom. The summed E-state index contributed by atoms with van der Waals surface area (Å²) in [7, 11) is 0. The van der Waals surface area contributed by atoms with Crippen molar-refractivity contribution in [2.75, 3.05) is 38.0 Å². The molecule has 2 amide bonds. The number of anilines is 1. The molecule has 0 spiro atoms. The van der Waals surface area contributed by atoms with Gasteiger partial charge in [-0.2, -0.15) is 0 Å². The molecule has 1 aromatic heterocycles. The molecule has 0 atom stereocenters. The van der Waals surface area contributed by atoms with Gasteiger partial charge in [0.2, 0.25) is 5.91 Å². The Hall–Kier alpha value is -2.87. The third-order valence-electron chi connectivity index (χ3n) is 3.94. The minimum atomic E-state index is -0.345. The van der Waals surface area contributed by atoms with Crippen LogP contribution in [0.1, 0.15) is 10.5 Å². The normalized spacial score (nSPS) is 15.0. The maximum absolute atomic E-state index is 12.9. The van der Waals surface area contributed by atoms with E-state index in [0.717, 1.165) is 0 Å². The third kappa shape index (κ3) is 4.57. The van der Waals surface area contributed by atoms with E-state index in [9.17, 15) is 14.0 Å². The number of carbonyl (C=O) groups is 2. The molecule has 1 saturated heterocycles. The molecular weight excluding hydrogens is 325 g/mol. The lowest BCUT2D eigenvalue weighted by molar-refractivity contribution is -0.117. The van der Waals surface area contributed by atoms with Crippen LogP contribution in [0.4, 0.5) is 10.1 Å². The van der Waals surface area contributed by atoms with Crippen molar-refractivity contribution in [2.45, 2.75) is 0 Å². The van der Waals surface area contributed by atoms with Gasteiger partial charge in [-0.05, 0) is 24.3 Å². The van der Waals surface area contributed by atoms with E-state index in [1.807, 2.05) is 4.90 Å². The number of piperazine rings is 1. The van der Waals surface area contributed by atoms with Gasteiger partial charge in [0.05, 0.1) is 12.7 Å². The minimum Gasteiger partial charge on any atom is -0.335 e. The molecule has 0 aliphatic carbocycles. The second-order valence-corrected chi connectivity index (χ2v) is 5.71. The number of hydrogen-bond donors (Lipinski definition) is 1. The standard InChI is InChI=1S/C17H18FN5O2/c18-13-1-3-14(4-2-13)21-16(24)12-22-7-9-23(10-8-22)17(25)15-11-19-5-6-20-15/h1-6,11H,7-10,12H2,(H,21,24). The van der Waals surface area contributed by atoms with Gasteiger partial charge >= 0.3 is 0 Å². The van der Waals surface area contributed by atoms with E-state index in [1.54, 1.807) is 4.90 Å². The summed E-state index contributed by atoms with van der Waals surface area (Å²) in [6.07, 6.45) is 4.46. The van der Waals surface area contributed by atoms with Gasteiger partial charge in [0.15, 0.2) is 0 Å². The van der Waals surface area contributed by atoms with Crippen molar-refractivity contribution in [1.82, 2.24) is 19.8 Å². The van der Waals surface area contributed by atoms with Crippen molar-refractivity contribution in [1.29, 1.82) is 0 Å². The highest BCUT2D eigenvalue weighted by Crippen LogP contribution is 2.09. The van der Waals surface area contributed by atoms with Gasteiger partial charge in [-0.3, -0.25) is 19.5 Å². The monoisotopic (exact) mass is 343 g/mol. The summed E-state index contributed by atoms with van der Waals surface area (Å²) >= 11 is 0. The number of halogens is 1. The summed E-state index contributed by atoms with van der Waals surface area (Å²) in [6.45, 7) is 2.48. The van der Waals surface area contributed by atoms with Crippen LogP contribution < -0.4 is 5.32 Å². The molecule has 0 bridgehead atoms. The van der Waals surface area contributed by atoms with Crippen molar-refractivity contribution < 1.29 is 14.0 Å². The highest BCUT2D eigenvalue weighted by Gasteiger charge is 2.24. The highest BCUT2D eigenvalue weighted by molar-refractivity contribution is 5.93. The SMILES string of the molecule is O=C(CN1CCN(C(=O)c2cnccn2)CC1)Nc1ccc(F)cc1. The van der Waals surface area contributed by atoms with Gasteiger partial charge in [-0.25, -0.2) is 9.37 Å². The molecule has 1 aliphatic rings. The van der Waals surface area contributed by atoms with E-state index >= 15 is 0 Å². The topological polar surface area (TPSA) is 78.4 Å². The summed E-state index contributed by atoms with van der Waals surface area (Å²) < 4.78 is 12.9. The Morgan fingerprint density at radius 2 is 1.80 bits per heavy atom. The molecule has 1 aromatic carbocycles. The van der Waals surface area contributed by atoms with Crippen LogP contribution in [0, 0.1) is 5.82 Å². The van der Waals surface area contributed by atoms with Crippen molar-refractivity contribution in [3.8, 4) is 0 Å². The van der Waals surface area contributed by atoms with Crippen LogP contribution in [-0.2, 0) is 4.79 Å². The molecule has 3 rings (SSSR count). The van der Waals surface area contributed by atoms with Crippen molar-refractivity contribution in [2.24, 2.45) is 0 Å². The quantitative estimate of drug-likeness (QED) is 0.896. The zero-order valence-electron chi connectivity index (χ0n) is 13.6. The van der Waals surface area contributed by atoms with Crippen molar-refractivity contribution in [3.05, 3.63) is 54.4 Å². The lowest BCUT2D eigenvalue weighted by Crippen LogP contribution is -2.50. The van der Waals surface area contributed by atoms with Gasteiger partial charge in [0, 0.05) is 44.3 Å². The summed E-state index contributed by atoms with van der Waals surface area (Å²) in [5.41, 5.74) is 0.882. The molecule has 1 aliphatic heterocycles. The van der Waals surface area contributed by atoms with Gasteiger partial charge in [0.1, 0.15) is 11.5 Å². The molecule has 0 saturated carbocycles. The van der Waals surface area contributed by atoms with Gasteiger partial charge in [0.25, 0.3) is 5.91 Å². The third-order valence-corrected chi connectivity index (χ3v) is 3.94. The number of benzene rings is 1. The van der Waals surface area contributed by atoms with E-state index < -0.39 is 0 Å².